The van der Waals surface area contributed by atoms with Crippen molar-refractivity contribution in [3.63, 3.8) is 0 Å². The van der Waals surface area contributed by atoms with E-state index in [-0.39, 0.29) is 12.6 Å². The first kappa shape index (κ1) is 16.0. The lowest BCUT2D eigenvalue weighted by molar-refractivity contribution is -0.137. The van der Waals surface area contributed by atoms with Gasteiger partial charge < -0.3 is 10.6 Å². The zero-order chi connectivity index (χ0) is 14.6. The van der Waals surface area contributed by atoms with Gasteiger partial charge in [-0.2, -0.15) is 13.2 Å². The number of alkyl halides is 3. The molecule has 0 amide bonds. The van der Waals surface area contributed by atoms with Gasteiger partial charge in [-0.1, -0.05) is 18.2 Å². The lowest BCUT2D eigenvalue weighted by atomic mass is 10.0. The predicted molar refractivity (Wildman–Crippen MR) is 71.0 cm³/mol. The van der Waals surface area contributed by atoms with Gasteiger partial charge in [0.1, 0.15) is 0 Å². The minimum absolute atomic E-state index is 0.0258. The number of hydrogen-bond donors (Lipinski definition) is 1. The summed E-state index contributed by atoms with van der Waals surface area (Å²) in [6.07, 6.45) is -4.91. The molecule has 5 heteroatoms. The average Bonchev–Trinajstić information content (AvgIpc) is 2.29. The minimum Gasteiger partial charge on any atom is -0.323 e. The van der Waals surface area contributed by atoms with Crippen LogP contribution in [0.4, 0.5) is 13.2 Å². The van der Waals surface area contributed by atoms with E-state index < -0.39 is 12.6 Å². The van der Waals surface area contributed by atoms with Crippen LogP contribution in [0.1, 0.15) is 29.2 Å². The third-order valence-electron chi connectivity index (χ3n) is 3.24. The van der Waals surface area contributed by atoms with Gasteiger partial charge in [-0.25, -0.2) is 0 Å². The topological polar surface area (TPSA) is 29.3 Å². The third-order valence-corrected chi connectivity index (χ3v) is 3.24. The maximum Gasteiger partial charge on any atom is 0.390 e. The Morgan fingerprint density at radius 1 is 1.21 bits per heavy atom. The molecule has 1 atom stereocenters. The highest BCUT2D eigenvalue weighted by atomic mass is 19.4. The van der Waals surface area contributed by atoms with Crippen molar-refractivity contribution in [2.45, 2.75) is 32.5 Å². The van der Waals surface area contributed by atoms with Gasteiger partial charge >= 0.3 is 6.18 Å². The molecular formula is C14H21F3N2. The van der Waals surface area contributed by atoms with Crippen LogP contribution in [0.15, 0.2) is 18.2 Å². The SMILES string of the molecule is Cc1ccc(C(N)CN(C)CCC(F)(F)F)cc1C. The van der Waals surface area contributed by atoms with Gasteiger partial charge in [0.2, 0.25) is 0 Å². The second-order valence-corrected chi connectivity index (χ2v) is 5.08. The van der Waals surface area contributed by atoms with Crippen molar-refractivity contribution in [1.82, 2.24) is 4.90 Å². The summed E-state index contributed by atoms with van der Waals surface area (Å²) in [6.45, 7) is 4.40. The quantitative estimate of drug-likeness (QED) is 0.893. The highest BCUT2D eigenvalue weighted by Gasteiger charge is 2.27. The largest absolute Gasteiger partial charge is 0.390 e. The molecule has 1 rings (SSSR count). The molecule has 108 valence electrons. The summed E-state index contributed by atoms with van der Waals surface area (Å²) in [4.78, 5) is 1.62. The normalized spacial score (nSPS) is 13.9. The lowest BCUT2D eigenvalue weighted by Gasteiger charge is -2.22. The molecule has 0 aliphatic carbocycles. The summed E-state index contributed by atoms with van der Waals surface area (Å²) in [6, 6.07) is 5.65. The van der Waals surface area contributed by atoms with Gasteiger partial charge in [-0.05, 0) is 37.6 Å². The van der Waals surface area contributed by atoms with Crippen LogP contribution in [0.2, 0.25) is 0 Å². The van der Waals surface area contributed by atoms with E-state index in [4.69, 9.17) is 5.73 Å². The molecule has 1 unspecified atom stereocenters. The second kappa shape index (κ2) is 6.39. The summed E-state index contributed by atoms with van der Waals surface area (Å²) >= 11 is 0. The molecule has 0 bridgehead atoms. The molecule has 19 heavy (non-hydrogen) atoms. The zero-order valence-corrected chi connectivity index (χ0v) is 11.6. The molecular weight excluding hydrogens is 253 g/mol. The number of halogens is 3. The van der Waals surface area contributed by atoms with Crippen molar-refractivity contribution in [3.8, 4) is 0 Å². The first-order chi connectivity index (χ1) is 8.69. The highest BCUT2D eigenvalue weighted by Crippen LogP contribution is 2.20. The summed E-state index contributed by atoms with van der Waals surface area (Å²) < 4.78 is 36.3. The fourth-order valence-electron chi connectivity index (χ4n) is 1.85. The minimum atomic E-state index is -4.11. The third kappa shape index (κ3) is 5.61. The van der Waals surface area contributed by atoms with E-state index >= 15 is 0 Å². The first-order valence-electron chi connectivity index (χ1n) is 6.27. The molecule has 1 aromatic carbocycles. The molecule has 0 fully saturated rings. The Labute approximate surface area is 112 Å². The average molecular weight is 274 g/mol. The molecule has 2 N–H and O–H groups in total. The van der Waals surface area contributed by atoms with Crippen LogP contribution < -0.4 is 5.73 Å². The van der Waals surface area contributed by atoms with Gasteiger partial charge in [0, 0.05) is 19.1 Å². The molecule has 0 spiro atoms. The van der Waals surface area contributed by atoms with Crippen molar-refractivity contribution in [2.75, 3.05) is 20.1 Å². The van der Waals surface area contributed by atoms with E-state index in [1.165, 1.54) is 5.56 Å². The van der Waals surface area contributed by atoms with Crippen molar-refractivity contribution >= 4 is 0 Å². The highest BCUT2D eigenvalue weighted by molar-refractivity contribution is 5.31. The summed E-state index contributed by atoms with van der Waals surface area (Å²) in [5, 5.41) is 0. The summed E-state index contributed by atoms with van der Waals surface area (Å²) in [5.74, 6) is 0. The van der Waals surface area contributed by atoms with Gasteiger partial charge in [0.25, 0.3) is 0 Å². The number of nitrogens with zero attached hydrogens (tertiary/aromatic N) is 1. The van der Waals surface area contributed by atoms with Gasteiger partial charge in [-0.3, -0.25) is 0 Å². The standard InChI is InChI=1S/C14H21F3N2/c1-10-4-5-12(8-11(10)2)13(18)9-19(3)7-6-14(15,16)17/h4-5,8,13H,6-7,9,18H2,1-3H3. The van der Waals surface area contributed by atoms with Crippen LogP contribution in [0, 0.1) is 13.8 Å². The van der Waals surface area contributed by atoms with Gasteiger partial charge in [0.15, 0.2) is 0 Å². The zero-order valence-electron chi connectivity index (χ0n) is 11.6. The van der Waals surface area contributed by atoms with Crippen LogP contribution in [0.25, 0.3) is 0 Å². The Morgan fingerprint density at radius 3 is 2.37 bits per heavy atom. The van der Waals surface area contributed by atoms with Crippen LogP contribution >= 0.6 is 0 Å². The molecule has 0 aliphatic heterocycles. The van der Waals surface area contributed by atoms with Crippen molar-refractivity contribution in [1.29, 1.82) is 0 Å². The predicted octanol–water partition coefficient (Wildman–Crippen LogP) is 3.19. The van der Waals surface area contributed by atoms with Gasteiger partial charge in [0.05, 0.1) is 6.42 Å². The number of rotatable bonds is 5. The number of likely N-dealkylation sites (N-methyl/N-ethyl adjacent to an activating group) is 1. The number of benzene rings is 1. The molecule has 0 saturated heterocycles. The Bertz CT molecular complexity index is 416. The number of aryl methyl sites for hydroxylation is 2. The Hall–Kier alpha value is -1.07. The first-order valence-corrected chi connectivity index (χ1v) is 6.27. The summed E-state index contributed by atoms with van der Waals surface area (Å²) in [7, 11) is 1.66. The molecule has 0 radical (unpaired) electrons. The van der Waals surface area contributed by atoms with E-state index in [0.29, 0.717) is 6.54 Å². The van der Waals surface area contributed by atoms with E-state index in [1.54, 1.807) is 11.9 Å². The van der Waals surface area contributed by atoms with E-state index in [9.17, 15) is 13.2 Å². The molecule has 1 aromatic rings. The molecule has 0 heterocycles. The van der Waals surface area contributed by atoms with Crippen LogP contribution in [-0.2, 0) is 0 Å². The maximum absolute atomic E-state index is 12.1. The Kier molecular flexibility index (Phi) is 5.38. The lowest BCUT2D eigenvalue weighted by Crippen LogP contribution is -2.31. The monoisotopic (exact) mass is 274 g/mol. The maximum atomic E-state index is 12.1. The van der Waals surface area contributed by atoms with Crippen molar-refractivity contribution < 1.29 is 13.2 Å². The fourth-order valence-corrected chi connectivity index (χ4v) is 1.85. The van der Waals surface area contributed by atoms with Crippen LogP contribution in [0.3, 0.4) is 0 Å². The smallest absolute Gasteiger partial charge is 0.323 e. The Morgan fingerprint density at radius 2 is 1.84 bits per heavy atom. The van der Waals surface area contributed by atoms with Crippen LogP contribution in [0.5, 0.6) is 0 Å². The fraction of sp³-hybridized carbons (Fsp3) is 0.571. The van der Waals surface area contributed by atoms with Crippen molar-refractivity contribution in [2.24, 2.45) is 5.73 Å². The van der Waals surface area contributed by atoms with E-state index in [0.717, 1.165) is 11.1 Å². The molecule has 0 saturated carbocycles. The van der Waals surface area contributed by atoms with Crippen LogP contribution in [-0.4, -0.2) is 31.2 Å². The number of hydrogen-bond acceptors (Lipinski definition) is 2. The van der Waals surface area contributed by atoms with Gasteiger partial charge in [-0.15, -0.1) is 0 Å². The molecule has 0 aromatic heterocycles. The van der Waals surface area contributed by atoms with Crippen molar-refractivity contribution in [3.05, 3.63) is 34.9 Å². The molecule has 2 nitrogen and oxygen atoms in total. The molecule has 0 aliphatic rings. The number of nitrogens with two attached hydrogens (primary N) is 1. The summed E-state index contributed by atoms with van der Waals surface area (Å²) in [5.41, 5.74) is 9.32. The van der Waals surface area contributed by atoms with E-state index in [1.807, 2.05) is 32.0 Å². The Balaban J connectivity index is 2.54. The second-order valence-electron chi connectivity index (χ2n) is 5.08. The van der Waals surface area contributed by atoms with E-state index in [2.05, 4.69) is 0 Å².